The number of nitrogens with one attached hydrogen (secondary N) is 1. The lowest BCUT2D eigenvalue weighted by atomic mass is 10.3. The maximum absolute atomic E-state index is 13.7. The highest BCUT2D eigenvalue weighted by Gasteiger charge is 2.27. The van der Waals surface area contributed by atoms with Gasteiger partial charge in [0.15, 0.2) is 22.3 Å². The van der Waals surface area contributed by atoms with Crippen LogP contribution >= 0.6 is 15.9 Å². The Balaban J connectivity index is 2.53. The Hall–Kier alpha value is -1.68. The summed E-state index contributed by atoms with van der Waals surface area (Å²) < 4.78 is 55.2. The van der Waals surface area contributed by atoms with Crippen molar-refractivity contribution in [3.63, 3.8) is 0 Å². The van der Waals surface area contributed by atoms with Gasteiger partial charge in [-0.2, -0.15) is 5.10 Å². The lowest BCUT2D eigenvalue weighted by Crippen LogP contribution is -2.17. The number of hydrogen-bond donors (Lipinski definition) is 2. The maximum atomic E-state index is 13.7. The summed E-state index contributed by atoms with van der Waals surface area (Å²) in [5.74, 6) is -2.35. The largest absolute Gasteiger partial charge is 0.381 e. The number of benzene rings is 1. The summed E-state index contributed by atoms with van der Waals surface area (Å²) in [5.41, 5.74) is 5.01. The number of halogens is 3. The minimum atomic E-state index is -4.27. The molecule has 0 aliphatic heterocycles. The van der Waals surface area contributed by atoms with E-state index in [-0.39, 0.29) is 20.9 Å². The predicted octanol–water partition coefficient (Wildman–Crippen LogP) is 2.15. The van der Waals surface area contributed by atoms with Crippen LogP contribution < -0.4 is 10.5 Å². The molecule has 10 heteroatoms. The molecule has 114 valence electrons. The van der Waals surface area contributed by atoms with E-state index in [1.165, 1.54) is 18.7 Å². The van der Waals surface area contributed by atoms with Gasteiger partial charge in [-0.15, -0.1) is 0 Å². The fourth-order valence-electron chi connectivity index (χ4n) is 1.77. The van der Waals surface area contributed by atoms with Crippen molar-refractivity contribution in [2.45, 2.75) is 11.8 Å². The van der Waals surface area contributed by atoms with Gasteiger partial charge in [0.2, 0.25) is 0 Å². The average Bonchev–Trinajstić information content (AvgIpc) is 2.58. The molecule has 6 nitrogen and oxygen atoms in total. The number of nitrogen functional groups attached to an aromatic ring is 1. The van der Waals surface area contributed by atoms with Crippen molar-refractivity contribution < 1.29 is 17.2 Å². The summed E-state index contributed by atoms with van der Waals surface area (Å²) in [6, 6.07) is 1.89. The van der Waals surface area contributed by atoms with E-state index in [0.29, 0.717) is 0 Å². The van der Waals surface area contributed by atoms with Crippen molar-refractivity contribution >= 4 is 37.5 Å². The van der Waals surface area contributed by atoms with E-state index >= 15 is 0 Å². The lowest BCUT2D eigenvalue weighted by Gasteiger charge is -2.10. The lowest BCUT2D eigenvalue weighted by molar-refractivity contribution is 0.581. The highest BCUT2D eigenvalue weighted by Crippen LogP contribution is 2.28. The summed E-state index contributed by atoms with van der Waals surface area (Å²) in [6.45, 7) is 1.48. The van der Waals surface area contributed by atoms with Gasteiger partial charge in [0.05, 0.1) is 5.69 Å². The van der Waals surface area contributed by atoms with Crippen molar-refractivity contribution in [1.29, 1.82) is 0 Å². The van der Waals surface area contributed by atoms with Crippen molar-refractivity contribution in [3.8, 4) is 0 Å². The molecule has 1 aromatic carbocycles. The zero-order valence-electron chi connectivity index (χ0n) is 11.0. The first-order valence-electron chi connectivity index (χ1n) is 5.60. The molecule has 0 radical (unpaired) electrons. The van der Waals surface area contributed by atoms with Crippen molar-refractivity contribution in [2.24, 2.45) is 7.05 Å². The van der Waals surface area contributed by atoms with Gasteiger partial charge >= 0.3 is 0 Å². The van der Waals surface area contributed by atoms with E-state index < -0.39 is 27.3 Å². The normalized spacial score (nSPS) is 11.7. The van der Waals surface area contributed by atoms with E-state index in [0.717, 1.165) is 12.1 Å². The number of anilines is 2. The third-order valence-corrected chi connectivity index (χ3v) is 4.79. The van der Waals surface area contributed by atoms with Crippen LogP contribution in [0.25, 0.3) is 0 Å². The third kappa shape index (κ3) is 2.86. The molecule has 0 spiro atoms. The molecule has 0 atom stereocenters. The number of sulfonamides is 1. The molecule has 0 amide bonds. The Labute approximate surface area is 128 Å². The van der Waals surface area contributed by atoms with Crippen LogP contribution in [0.4, 0.5) is 20.3 Å². The van der Waals surface area contributed by atoms with Gasteiger partial charge in [-0.05, 0) is 19.1 Å². The molecule has 2 rings (SSSR count). The highest BCUT2D eigenvalue weighted by molar-refractivity contribution is 9.10. The molecular weight excluding hydrogens is 370 g/mol. The van der Waals surface area contributed by atoms with Crippen LogP contribution in [-0.4, -0.2) is 18.2 Å². The Morgan fingerprint density at radius 3 is 2.29 bits per heavy atom. The summed E-state index contributed by atoms with van der Waals surface area (Å²) in [4.78, 5) is -0.313. The fraction of sp³-hybridized carbons (Fsp3) is 0.182. The average molecular weight is 381 g/mol. The third-order valence-electron chi connectivity index (χ3n) is 2.82. The molecule has 0 unspecified atom stereocenters. The molecule has 1 aromatic heterocycles. The molecular formula is C11H11BrF2N4O2S. The number of nitrogens with two attached hydrogens (primary N) is 1. The van der Waals surface area contributed by atoms with Crippen LogP contribution in [0.5, 0.6) is 0 Å². The van der Waals surface area contributed by atoms with Crippen LogP contribution in [0.3, 0.4) is 0 Å². The second-order valence-corrected chi connectivity index (χ2v) is 6.81. The first-order valence-corrected chi connectivity index (χ1v) is 7.87. The SMILES string of the molecule is Cc1c(S(=O)(=O)Nc2c(F)cc(Br)cc2F)c(N)nn1C. The van der Waals surface area contributed by atoms with Crippen LogP contribution in [0.1, 0.15) is 5.69 Å². The molecule has 0 aliphatic carbocycles. The zero-order valence-corrected chi connectivity index (χ0v) is 13.4. The van der Waals surface area contributed by atoms with E-state index in [4.69, 9.17) is 5.73 Å². The molecule has 3 N–H and O–H groups in total. The van der Waals surface area contributed by atoms with E-state index in [2.05, 4.69) is 21.0 Å². The predicted molar refractivity (Wildman–Crippen MR) is 77.2 cm³/mol. The maximum Gasteiger partial charge on any atom is 0.267 e. The number of aromatic nitrogens is 2. The molecule has 0 fully saturated rings. The first kappa shape index (κ1) is 15.7. The standard InChI is InChI=1S/C11H11BrF2N4O2S/c1-5-10(11(15)16-18(5)2)21(19,20)17-9-7(13)3-6(12)4-8(9)14/h3-4,17H,1-2H3,(H2,15,16). The second-order valence-electron chi connectivity index (χ2n) is 4.27. The van der Waals surface area contributed by atoms with Crippen molar-refractivity contribution in [3.05, 3.63) is 33.9 Å². The molecule has 0 saturated heterocycles. The number of rotatable bonds is 3. The van der Waals surface area contributed by atoms with E-state index in [1.807, 2.05) is 4.72 Å². The van der Waals surface area contributed by atoms with Gasteiger partial charge in [-0.3, -0.25) is 9.40 Å². The molecule has 0 saturated carbocycles. The second kappa shape index (κ2) is 5.26. The smallest absolute Gasteiger partial charge is 0.267 e. The van der Waals surface area contributed by atoms with Crippen LogP contribution in [0, 0.1) is 18.6 Å². The summed E-state index contributed by atoms with van der Waals surface area (Å²) in [5, 5.41) is 3.76. The number of aryl methyl sites for hydroxylation is 1. The fourth-order valence-corrected chi connectivity index (χ4v) is 3.58. The Morgan fingerprint density at radius 2 is 1.86 bits per heavy atom. The number of nitrogens with zero attached hydrogens (tertiary/aromatic N) is 2. The van der Waals surface area contributed by atoms with Gasteiger partial charge < -0.3 is 5.73 Å². The van der Waals surface area contributed by atoms with Crippen LogP contribution in [0.2, 0.25) is 0 Å². The Kier molecular flexibility index (Phi) is 3.93. The number of hydrogen-bond acceptors (Lipinski definition) is 4. The summed E-state index contributed by atoms with van der Waals surface area (Å²) in [6.07, 6.45) is 0. The van der Waals surface area contributed by atoms with Crippen molar-refractivity contribution in [2.75, 3.05) is 10.5 Å². The van der Waals surface area contributed by atoms with Crippen molar-refractivity contribution in [1.82, 2.24) is 9.78 Å². The van der Waals surface area contributed by atoms with Crippen LogP contribution in [-0.2, 0) is 17.1 Å². The topological polar surface area (TPSA) is 90.0 Å². The molecule has 1 heterocycles. The van der Waals surface area contributed by atoms with E-state index in [1.54, 1.807) is 0 Å². The van der Waals surface area contributed by atoms with Gasteiger partial charge in [0.1, 0.15) is 5.69 Å². The first-order chi connectivity index (χ1) is 9.63. The molecule has 2 aromatic rings. The minimum Gasteiger partial charge on any atom is -0.381 e. The highest BCUT2D eigenvalue weighted by atomic mass is 79.9. The Bertz CT molecular complexity index is 797. The molecule has 0 aliphatic rings. The summed E-state index contributed by atoms with van der Waals surface area (Å²) in [7, 11) is -2.76. The van der Waals surface area contributed by atoms with Gasteiger partial charge in [-0.25, -0.2) is 17.2 Å². The minimum absolute atomic E-state index is 0.150. The van der Waals surface area contributed by atoms with Gasteiger partial charge in [0, 0.05) is 11.5 Å². The molecule has 21 heavy (non-hydrogen) atoms. The molecule has 0 bridgehead atoms. The Morgan fingerprint density at radius 1 is 1.33 bits per heavy atom. The monoisotopic (exact) mass is 380 g/mol. The van der Waals surface area contributed by atoms with Crippen LogP contribution in [0.15, 0.2) is 21.5 Å². The summed E-state index contributed by atoms with van der Waals surface area (Å²) >= 11 is 2.91. The van der Waals surface area contributed by atoms with Gasteiger partial charge in [0.25, 0.3) is 10.0 Å². The quantitative estimate of drug-likeness (QED) is 0.853. The van der Waals surface area contributed by atoms with Gasteiger partial charge in [-0.1, -0.05) is 15.9 Å². The van der Waals surface area contributed by atoms with E-state index in [9.17, 15) is 17.2 Å². The zero-order chi connectivity index (χ0) is 15.9.